The zero-order valence-corrected chi connectivity index (χ0v) is 12.9. The van der Waals surface area contributed by atoms with Crippen LogP contribution < -0.4 is 15.6 Å². The van der Waals surface area contributed by atoms with Gasteiger partial charge in [-0.1, -0.05) is 23.2 Å². The molecule has 2 rings (SSSR count). The first-order valence-corrected chi connectivity index (χ1v) is 7.84. The number of nitrogens with one attached hydrogen (secondary N) is 1. The smallest absolute Gasteiger partial charge is 0.391 e. The minimum Gasteiger partial charge on any atom is -0.748 e. The fraction of sp³-hybridized carbons (Fsp3) is 0.231. The van der Waals surface area contributed by atoms with E-state index in [1.54, 1.807) is 0 Å². The van der Waals surface area contributed by atoms with E-state index in [2.05, 4.69) is 10.3 Å². The molecule has 0 aliphatic rings. The van der Waals surface area contributed by atoms with Crippen molar-refractivity contribution in [1.29, 1.82) is 0 Å². The van der Waals surface area contributed by atoms with Gasteiger partial charge in [0.05, 0.1) is 22.9 Å². The maximum atomic E-state index is 9.08. The monoisotopic (exact) mass is 310 g/mol. The fourth-order valence-corrected chi connectivity index (χ4v) is 1.44. The van der Waals surface area contributed by atoms with Gasteiger partial charge >= 0.3 is 5.95 Å². The maximum Gasteiger partial charge on any atom is 0.391 e. The van der Waals surface area contributed by atoms with Crippen LogP contribution in [0.1, 0.15) is 5.69 Å². The average molecular weight is 310 g/mol. The lowest BCUT2D eigenvalue weighted by Crippen LogP contribution is -2.36. The van der Waals surface area contributed by atoms with Gasteiger partial charge in [-0.3, -0.25) is 5.73 Å². The van der Waals surface area contributed by atoms with Gasteiger partial charge < -0.3 is 9.87 Å². The molecule has 1 aromatic heterocycles. The molecule has 0 saturated carbocycles. The Balaban J connectivity index is 0.000000383. The van der Waals surface area contributed by atoms with Gasteiger partial charge in [-0.2, -0.15) is 0 Å². The molecule has 0 radical (unpaired) electrons. The van der Waals surface area contributed by atoms with Crippen LogP contribution in [0.4, 0.5) is 17.5 Å². The van der Waals surface area contributed by atoms with E-state index in [-0.39, 0.29) is 0 Å². The highest BCUT2D eigenvalue weighted by molar-refractivity contribution is 7.84. The maximum absolute atomic E-state index is 9.08. The predicted octanol–water partition coefficient (Wildman–Crippen LogP) is 0.702. The lowest BCUT2D eigenvalue weighted by atomic mass is 10.3. The van der Waals surface area contributed by atoms with E-state index >= 15 is 0 Å². The summed E-state index contributed by atoms with van der Waals surface area (Å²) in [7, 11) is -2.02. The molecule has 8 heteroatoms. The Bertz CT molecular complexity index is 672. The minimum atomic E-state index is -3.92. The summed E-state index contributed by atoms with van der Waals surface area (Å²) in [4.78, 5) is 4.26. The van der Waals surface area contributed by atoms with Gasteiger partial charge in [-0.05, 0) is 19.1 Å². The average Bonchev–Trinajstić information content (AvgIpc) is 2.35. The first-order valence-electron chi connectivity index (χ1n) is 6.03. The summed E-state index contributed by atoms with van der Waals surface area (Å²) in [6.45, 7) is 1.99. The number of para-hydroxylation sites is 1. The summed E-state index contributed by atoms with van der Waals surface area (Å²) in [6.07, 6.45) is 0.604. The van der Waals surface area contributed by atoms with Crippen molar-refractivity contribution >= 4 is 27.6 Å². The Labute approximate surface area is 124 Å². The fourth-order valence-electron chi connectivity index (χ4n) is 1.44. The largest absolute Gasteiger partial charge is 0.748 e. The van der Waals surface area contributed by atoms with E-state index in [9.17, 15) is 0 Å². The summed E-state index contributed by atoms with van der Waals surface area (Å²) in [5, 5.41) is 3.21. The molecule has 0 bridgehead atoms. The van der Waals surface area contributed by atoms with Gasteiger partial charge in [0.2, 0.25) is 5.82 Å². The Morgan fingerprint density at radius 3 is 2.29 bits per heavy atom. The molecule has 0 spiro atoms. The topological polar surface area (TPSA) is 112 Å². The lowest BCUT2D eigenvalue weighted by Gasteiger charge is -2.05. The highest BCUT2D eigenvalue weighted by Crippen LogP contribution is 2.14. The molecule has 21 heavy (non-hydrogen) atoms. The summed E-state index contributed by atoms with van der Waals surface area (Å²) in [5.74, 6) is 1.26. The zero-order valence-electron chi connectivity index (χ0n) is 12.1. The van der Waals surface area contributed by atoms with Crippen molar-refractivity contribution in [2.45, 2.75) is 6.92 Å². The molecule has 0 saturated heterocycles. The summed E-state index contributed by atoms with van der Waals surface area (Å²) in [6, 6.07) is 11.9. The van der Waals surface area contributed by atoms with Crippen molar-refractivity contribution < 1.29 is 17.5 Å². The number of aryl methyl sites for hydroxylation is 1. The van der Waals surface area contributed by atoms with Crippen molar-refractivity contribution in [2.24, 2.45) is 7.05 Å². The molecule has 0 atom stereocenters. The number of nitrogen functional groups attached to an aromatic ring is 1. The molecule has 0 fully saturated rings. The van der Waals surface area contributed by atoms with Crippen LogP contribution in [0.2, 0.25) is 0 Å². The summed E-state index contributed by atoms with van der Waals surface area (Å²) < 4.78 is 29.1. The van der Waals surface area contributed by atoms with Gasteiger partial charge in [0.15, 0.2) is 0 Å². The van der Waals surface area contributed by atoms with Gasteiger partial charge in [-0.25, -0.2) is 13.0 Å². The molecule has 0 unspecified atom stereocenters. The number of benzene rings is 1. The standard InChI is InChI=1S/C12H14N4.CH4O3S/c1-9-8-11(15-12(13)16(9)2)14-10-6-4-3-5-7-10;1-5(2,3)4/h3-8H,1-2H3,(H2,13,14,15);1H3,(H,2,3,4). The number of rotatable bonds is 2. The molecular weight excluding hydrogens is 292 g/mol. The Hall–Kier alpha value is -2.19. The highest BCUT2D eigenvalue weighted by atomic mass is 32.2. The second-order valence-electron chi connectivity index (χ2n) is 4.40. The van der Waals surface area contributed by atoms with E-state index in [0.29, 0.717) is 12.2 Å². The molecule has 0 amide bonds. The van der Waals surface area contributed by atoms with Crippen molar-refractivity contribution in [3.8, 4) is 0 Å². The highest BCUT2D eigenvalue weighted by Gasteiger charge is 2.09. The molecule has 0 aliphatic heterocycles. The van der Waals surface area contributed by atoms with E-state index in [0.717, 1.165) is 17.2 Å². The molecule has 114 valence electrons. The number of anilines is 3. The molecule has 0 aliphatic carbocycles. The quantitative estimate of drug-likeness (QED) is 0.624. The third-order valence-corrected chi connectivity index (χ3v) is 2.50. The SMILES string of the molecule is CS(=O)(=O)[O-].Cc1cc(Nc2ccccc2)nc(N)[n+]1C. The predicted molar refractivity (Wildman–Crippen MR) is 79.9 cm³/mol. The second-order valence-corrected chi connectivity index (χ2v) is 5.80. The van der Waals surface area contributed by atoms with Gasteiger partial charge in [-0.15, -0.1) is 0 Å². The van der Waals surface area contributed by atoms with Crippen LogP contribution in [0, 0.1) is 6.92 Å². The molecular formula is C13H18N4O3S. The first-order chi connectivity index (χ1) is 9.66. The Morgan fingerprint density at radius 1 is 1.29 bits per heavy atom. The summed E-state index contributed by atoms with van der Waals surface area (Å²) in [5.41, 5.74) is 7.85. The van der Waals surface area contributed by atoms with E-state index in [4.69, 9.17) is 18.7 Å². The third kappa shape index (κ3) is 6.68. The van der Waals surface area contributed by atoms with Crippen molar-refractivity contribution in [1.82, 2.24) is 4.98 Å². The van der Waals surface area contributed by atoms with E-state index in [1.807, 2.05) is 54.9 Å². The van der Waals surface area contributed by atoms with Crippen LogP contribution in [0.15, 0.2) is 36.4 Å². The zero-order chi connectivity index (χ0) is 16.0. The van der Waals surface area contributed by atoms with E-state index in [1.165, 1.54) is 0 Å². The molecule has 1 heterocycles. The molecule has 2 aromatic rings. The first kappa shape index (κ1) is 16.9. The number of nitrogens with zero attached hydrogens (tertiary/aromatic N) is 2. The Morgan fingerprint density at radius 2 is 1.81 bits per heavy atom. The van der Waals surface area contributed by atoms with Crippen LogP contribution >= 0.6 is 0 Å². The third-order valence-electron chi connectivity index (χ3n) is 2.50. The van der Waals surface area contributed by atoms with Gasteiger partial charge in [0.1, 0.15) is 0 Å². The van der Waals surface area contributed by atoms with Crippen LogP contribution in [-0.4, -0.2) is 24.2 Å². The summed E-state index contributed by atoms with van der Waals surface area (Å²) >= 11 is 0. The van der Waals surface area contributed by atoms with Crippen molar-refractivity contribution in [2.75, 3.05) is 17.3 Å². The molecule has 7 nitrogen and oxygen atoms in total. The van der Waals surface area contributed by atoms with Crippen LogP contribution in [0.25, 0.3) is 0 Å². The van der Waals surface area contributed by atoms with Gasteiger partial charge in [0, 0.05) is 18.0 Å². The Kier molecular flexibility index (Phi) is 5.62. The number of nitrogens with two attached hydrogens (primary N) is 1. The van der Waals surface area contributed by atoms with Crippen LogP contribution in [-0.2, 0) is 17.2 Å². The minimum absolute atomic E-state index is 0.499. The molecule has 1 aromatic carbocycles. The van der Waals surface area contributed by atoms with Crippen molar-refractivity contribution in [3.05, 3.63) is 42.1 Å². The number of aromatic nitrogens is 2. The van der Waals surface area contributed by atoms with E-state index < -0.39 is 10.1 Å². The van der Waals surface area contributed by atoms with Crippen LogP contribution in [0.3, 0.4) is 0 Å². The number of hydrogen-bond acceptors (Lipinski definition) is 6. The molecule has 3 N–H and O–H groups in total. The van der Waals surface area contributed by atoms with Crippen LogP contribution in [0.5, 0.6) is 0 Å². The lowest BCUT2D eigenvalue weighted by molar-refractivity contribution is -0.665. The second kappa shape index (κ2) is 7.00. The number of hydrogen-bond donors (Lipinski definition) is 2. The normalized spacial score (nSPS) is 10.5. The van der Waals surface area contributed by atoms with Gasteiger partial charge in [0.25, 0.3) is 0 Å². The van der Waals surface area contributed by atoms with Crippen molar-refractivity contribution in [3.63, 3.8) is 0 Å².